The van der Waals surface area contributed by atoms with Crippen molar-refractivity contribution in [2.24, 2.45) is 0 Å². The molecule has 112 valence electrons. The van der Waals surface area contributed by atoms with Crippen molar-refractivity contribution in [3.8, 4) is 0 Å². The summed E-state index contributed by atoms with van der Waals surface area (Å²) in [7, 11) is 0. The first-order valence-corrected chi connectivity index (χ1v) is 8.50. The van der Waals surface area contributed by atoms with Gasteiger partial charge in [-0.25, -0.2) is 4.98 Å². The number of hydrogen-bond acceptors (Lipinski definition) is 2. The van der Waals surface area contributed by atoms with Gasteiger partial charge in [-0.15, -0.1) is 0 Å². The smallest absolute Gasteiger partial charge is 0.117 e. The summed E-state index contributed by atoms with van der Waals surface area (Å²) in [6.07, 6.45) is 6.19. The number of nitrogens with one attached hydrogen (secondary N) is 1. The molecule has 1 aromatic carbocycles. The predicted molar refractivity (Wildman–Crippen MR) is 87.1 cm³/mol. The van der Waals surface area contributed by atoms with Crippen molar-refractivity contribution in [2.75, 3.05) is 13.1 Å². The number of piperidine rings is 1. The molecule has 21 heavy (non-hydrogen) atoms. The minimum Gasteiger partial charge on any atom is -0.324 e. The zero-order valence-electron chi connectivity index (χ0n) is 12.5. The Balaban J connectivity index is 1.92. The standard InChI is InChI=1S/C17H22ClN3/c1-2-17(8-3-9-19-11-17)16-20-14-10-12(18)4-7-15(14)21(16)13-5-6-13/h4,7,10,13,19H,2-3,5-6,8-9,11H2,1H3. The molecule has 0 spiro atoms. The third-order valence-electron chi connectivity index (χ3n) is 5.19. The number of halogens is 1. The van der Waals surface area contributed by atoms with E-state index in [1.165, 1.54) is 37.0 Å². The molecule has 1 unspecified atom stereocenters. The number of rotatable bonds is 3. The van der Waals surface area contributed by atoms with E-state index < -0.39 is 0 Å². The minimum absolute atomic E-state index is 0.187. The highest BCUT2D eigenvalue weighted by molar-refractivity contribution is 6.31. The monoisotopic (exact) mass is 303 g/mol. The fourth-order valence-electron chi connectivity index (χ4n) is 3.77. The van der Waals surface area contributed by atoms with E-state index in [1.807, 2.05) is 12.1 Å². The summed E-state index contributed by atoms with van der Waals surface area (Å²) in [5.74, 6) is 1.29. The summed E-state index contributed by atoms with van der Waals surface area (Å²) in [6.45, 7) is 4.49. The molecule has 1 atom stereocenters. The van der Waals surface area contributed by atoms with Gasteiger partial charge >= 0.3 is 0 Å². The third kappa shape index (κ3) is 2.18. The molecule has 1 N–H and O–H groups in total. The fourth-order valence-corrected chi connectivity index (χ4v) is 3.93. The largest absolute Gasteiger partial charge is 0.324 e. The Kier molecular flexibility index (Phi) is 3.23. The van der Waals surface area contributed by atoms with Crippen molar-refractivity contribution in [3.05, 3.63) is 29.0 Å². The van der Waals surface area contributed by atoms with Crippen LogP contribution in [0, 0.1) is 0 Å². The lowest BCUT2D eigenvalue weighted by Gasteiger charge is -2.36. The van der Waals surface area contributed by atoms with Gasteiger partial charge in [-0.3, -0.25) is 0 Å². The zero-order valence-corrected chi connectivity index (χ0v) is 13.3. The van der Waals surface area contributed by atoms with Gasteiger partial charge < -0.3 is 9.88 Å². The van der Waals surface area contributed by atoms with E-state index in [0.717, 1.165) is 30.0 Å². The first-order valence-electron chi connectivity index (χ1n) is 8.12. The second-order valence-electron chi connectivity index (χ2n) is 6.58. The normalized spacial score (nSPS) is 26.4. The Morgan fingerprint density at radius 3 is 2.95 bits per heavy atom. The highest BCUT2D eigenvalue weighted by Crippen LogP contribution is 2.44. The van der Waals surface area contributed by atoms with Gasteiger partial charge in [-0.1, -0.05) is 18.5 Å². The van der Waals surface area contributed by atoms with E-state index >= 15 is 0 Å². The lowest BCUT2D eigenvalue weighted by atomic mass is 9.77. The summed E-state index contributed by atoms with van der Waals surface area (Å²) in [5.41, 5.74) is 2.50. The van der Waals surface area contributed by atoms with E-state index in [9.17, 15) is 0 Å². The van der Waals surface area contributed by atoms with Crippen LogP contribution in [0.15, 0.2) is 18.2 Å². The van der Waals surface area contributed by atoms with Crippen LogP contribution in [-0.2, 0) is 5.41 Å². The number of imidazole rings is 1. The summed E-state index contributed by atoms with van der Waals surface area (Å²) < 4.78 is 2.52. The number of nitrogens with zero attached hydrogens (tertiary/aromatic N) is 2. The first kappa shape index (κ1) is 13.6. The summed E-state index contributed by atoms with van der Waals surface area (Å²) in [6, 6.07) is 6.80. The highest BCUT2D eigenvalue weighted by atomic mass is 35.5. The lowest BCUT2D eigenvalue weighted by molar-refractivity contribution is 0.280. The van der Waals surface area contributed by atoms with Gasteiger partial charge in [0.05, 0.1) is 11.0 Å². The van der Waals surface area contributed by atoms with E-state index in [2.05, 4.69) is 22.9 Å². The van der Waals surface area contributed by atoms with Crippen molar-refractivity contribution in [1.82, 2.24) is 14.9 Å². The molecule has 2 aromatic rings. The number of hydrogen-bond donors (Lipinski definition) is 1. The van der Waals surface area contributed by atoms with Crippen LogP contribution in [-0.4, -0.2) is 22.6 Å². The topological polar surface area (TPSA) is 29.9 Å². The Morgan fingerprint density at radius 1 is 1.43 bits per heavy atom. The molecule has 4 rings (SSSR count). The van der Waals surface area contributed by atoms with Crippen molar-refractivity contribution >= 4 is 22.6 Å². The molecule has 2 aliphatic rings. The van der Waals surface area contributed by atoms with Crippen LogP contribution >= 0.6 is 11.6 Å². The van der Waals surface area contributed by atoms with Crippen LogP contribution in [0.1, 0.15) is 50.9 Å². The zero-order chi connectivity index (χ0) is 14.4. The average molecular weight is 304 g/mol. The van der Waals surface area contributed by atoms with Gasteiger partial charge in [0, 0.05) is 23.0 Å². The minimum atomic E-state index is 0.187. The van der Waals surface area contributed by atoms with Crippen LogP contribution in [0.25, 0.3) is 11.0 Å². The second-order valence-corrected chi connectivity index (χ2v) is 7.02. The Hall–Kier alpha value is -1.06. The molecule has 0 bridgehead atoms. The number of fused-ring (bicyclic) bond motifs is 1. The van der Waals surface area contributed by atoms with Gasteiger partial charge in [0.2, 0.25) is 0 Å². The Morgan fingerprint density at radius 2 is 2.29 bits per heavy atom. The molecule has 1 saturated carbocycles. The molecular weight excluding hydrogens is 282 g/mol. The molecule has 4 heteroatoms. The van der Waals surface area contributed by atoms with E-state index in [0.29, 0.717) is 6.04 Å². The van der Waals surface area contributed by atoms with Crippen LogP contribution in [0.5, 0.6) is 0 Å². The van der Waals surface area contributed by atoms with Gasteiger partial charge in [0.25, 0.3) is 0 Å². The molecule has 0 amide bonds. The van der Waals surface area contributed by atoms with E-state index in [4.69, 9.17) is 16.6 Å². The maximum absolute atomic E-state index is 6.17. The van der Waals surface area contributed by atoms with Gasteiger partial charge in [-0.2, -0.15) is 0 Å². The number of aromatic nitrogens is 2. The molecule has 1 aliphatic heterocycles. The van der Waals surface area contributed by atoms with Crippen LogP contribution in [0.3, 0.4) is 0 Å². The Labute approximate surface area is 130 Å². The average Bonchev–Trinajstić information content (AvgIpc) is 3.28. The van der Waals surface area contributed by atoms with Crippen LogP contribution in [0.2, 0.25) is 5.02 Å². The molecule has 1 aliphatic carbocycles. The highest BCUT2D eigenvalue weighted by Gasteiger charge is 2.40. The van der Waals surface area contributed by atoms with E-state index in [1.54, 1.807) is 0 Å². The molecule has 1 saturated heterocycles. The first-order chi connectivity index (χ1) is 10.2. The predicted octanol–water partition coefficient (Wildman–Crippen LogP) is 4.06. The fraction of sp³-hybridized carbons (Fsp3) is 0.588. The molecule has 2 heterocycles. The number of benzene rings is 1. The lowest BCUT2D eigenvalue weighted by Crippen LogP contribution is -2.44. The van der Waals surface area contributed by atoms with Crippen molar-refractivity contribution < 1.29 is 0 Å². The summed E-state index contributed by atoms with van der Waals surface area (Å²) >= 11 is 6.17. The van der Waals surface area contributed by atoms with E-state index in [-0.39, 0.29) is 5.41 Å². The summed E-state index contributed by atoms with van der Waals surface area (Å²) in [5, 5.41) is 4.37. The van der Waals surface area contributed by atoms with Crippen molar-refractivity contribution in [1.29, 1.82) is 0 Å². The Bertz CT molecular complexity index is 666. The van der Waals surface area contributed by atoms with Crippen molar-refractivity contribution in [3.63, 3.8) is 0 Å². The van der Waals surface area contributed by atoms with Gasteiger partial charge in [-0.05, 0) is 56.8 Å². The molecule has 0 radical (unpaired) electrons. The van der Waals surface area contributed by atoms with Crippen LogP contribution in [0.4, 0.5) is 0 Å². The second kappa shape index (κ2) is 4.99. The van der Waals surface area contributed by atoms with Crippen molar-refractivity contribution in [2.45, 2.75) is 50.5 Å². The molecular formula is C17H22ClN3. The molecule has 3 nitrogen and oxygen atoms in total. The maximum atomic E-state index is 6.17. The van der Waals surface area contributed by atoms with Crippen LogP contribution < -0.4 is 5.32 Å². The maximum Gasteiger partial charge on any atom is 0.117 e. The van der Waals surface area contributed by atoms with Gasteiger partial charge in [0.15, 0.2) is 0 Å². The van der Waals surface area contributed by atoms with Gasteiger partial charge in [0.1, 0.15) is 5.82 Å². The summed E-state index contributed by atoms with van der Waals surface area (Å²) in [4.78, 5) is 5.04. The third-order valence-corrected chi connectivity index (χ3v) is 5.42. The molecule has 2 fully saturated rings. The quantitative estimate of drug-likeness (QED) is 0.927. The SMILES string of the molecule is CCC1(c2nc3cc(Cl)ccc3n2C2CC2)CCCNC1. The molecule has 1 aromatic heterocycles.